The molecule has 1 aliphatic heterocycles. The molecule has 1 unspecified atom stereocenters. The fourth-order valence-corrected chi connectivity index (χ4v) is 2.63. The third kappa shape index (κ3) is 1.90. The van der Waals surface area contributed by atoms with Crippen molar-refractivity contribution in [2.75, 3.05) is 24.6 Å². The fraction of sp³-hybridized carbons (Fsp3) is 1.00. The molecule has 0 saturated carbocycles. The van der Waals surface area contributed by atoms with E-state index >= 15 is 0 Å². The molecule has 0 aliphatic carbocycles. The summed E-state index contributed by atoms with van der Waals surface area (Å²) < 4.78 is 9.38. The van der Waals surface area contributed by atoms with Crippen LogP contribution >= 0.6 is 18.4 Å². The van der Waals surface area contributed by atoms with Gasteiger partial charge in [0.1, 0.15) is 0 Å². The molecule has 1 aliphatic rings. The molecule has 1 atom stereocenters. The van der Waals surface area contributed by atoms with Crippen molar-refractivity contribution in [3.63, 3.8) is 0 Å². The van der Waals surface area contributed by atoms with Crippen LogP contribution in [-0.4, -0.2) is 29.1 Å². The molecule has 1 saturated heterocycles. The van der Waals surface area contributed by atoms with E-state index in [0.717, 1.165) is 24.6 Å². The molecule has 4 heteroatoms. The van der Waals surface area contributed by atoms with Gasteiger partial charge in [0, 0.05) is 24.6 Å². The Morgan fingerprint density at radius 2 is 1.88 bits per heavy atom. The van der Waals surface area contributed by atoms with E-state index in [1.165, 1.54) is 0 Å². The van der Waals surface area contributed by atoms with Crippen LogP contribution in [0.2, 0.25) is 0 Å². The summed E-state index contributed by atoms with van der Waals surface area (Å²) in [5, 5.41) is 3.19. The summed E-state index contributed by atoms with van der Waals surface area (Å²) in [6.45, 7) is 1.96. The fourth-order valence-electron chi connectivity index (χ4n) is 0.725. The zero-order valence-corrected chi connectivity index (χ0v) is 6.73. The van der Waals surface area contributed by atoms with Gasteiger partial charge in [0.2, 0.25) is 0 Å². The van der Waals surface area contributed by atoms with E-state index in [2.05, 4.69) is 13.8 Å². The first-order valence-corrected chi connectivity index (χ1v) is 6.11. The zero-order valence-electron chi connectivity index (χ0n) is 4.76. The van der Waals surface area contributed by atoms with Crippen LogP contribution < -0.4 is 5.32 Å². The Bertz CT molecular complexity index is 80.1. The van der Waals surface area contributed by atoms with Crippen LogP contribution in [-0.2, 0) is 0 Å². The lowest BCUT2D eigenvalue weighted by Crippen LogP contribution is -2.31. The number of hydrogen-bond acceptors (Lipinski definition) is 2. The summed E-state index contributed by atoms with van der Waals surface area (Å²) in [6, 6.07) is 0. The Labute approximate surface area is 53.5 Å². The summed E-state index contributed by atoms with van der Waals surface area (Å²) in [5.41, 5.74) is 0. The highest BCUT2D eigenvalue weighted by atomic mass is 32.8. The number of rotatable bonds is 0. The molecule has 0 radical (unpaired) electrons. The van der Waals surface area contributed by atoms with Crippen molar-refractivity contribution in [3.8, 4) is 0 Å². The molecule has 0 spiro atoms. The van der Waals surface area contributed by atoms with E-state index in [4.69, 9.17) is 0 Å². The van der Waals surface area contributed by atoms with Crippen molar-refractivity contribution >= 4 is 18.4 Å². The van der Waals surface area contributed by atoms with Crippen molar-refractivity contribution in [1.29, 1.82) is 0 Å². The summed E-state index contributed by atoms with van der Waals surface area (Å²) in [4.78, 5) is 0. The van der Waals surface area contributed by atoms with Crippen molar-refractivity contribution in [3.05, 3.63) is 0 Å². The molecule has 2 N–H and O–H groups in total. The molecule has 1 fully saturated rings. The van der Waals surface area contributed by atoms with E-state index in [0.29, 0.717) is 0 Å². The van der Waals surface area contributed by atoms with Crippen LogP contribution in [0.3, 0.4) is 0 Å². The van der Waals surface area contributed by atoms with Crippen molar-refractivity contribution in [2.24, 2.45) is 0 Å². The minimum Gasteiger partial charge on any atom is -0.348 e. The summed E-state index contributed by atoms with van der Waals surface area (Å²) in [7, 11) is 1.33. The normalized spacial score (nSPS) is 31.8. The van der Waals surface area contributed by atoms with E-state index in [1.54, 1.807) is 0 Å². The second-order valence-corrected chi connectivity index (χ2v) is 7.31. The molecule has 0 amide bonds. The molecule has 2 nitrogen and oxygen atoms in total. The minimum atomic E-state index is -1.23. The highest BCUT2D eigenvalue weighted by Gasteiger charge is 2.16. The maximum absolute atomic E-state index is 9.38. The maximum atomic E-state index is 9.38. The monoisotopic (exact) mass is 153 g/mol. The average molecular weight is 153 g/mol. The predicted molar refractivity (Wildman–Crippen MR) is 42.5 cm³/mol. The van der Waals surface area contributed by atoms with Gasteiger partial charge >= 0.3 is 0 Å². The van der Waals surface area contributed by atoms with Gasteiger partial charge in [-0.3, -0.25) is 0 Å². The number of nitrogens with one attached hydrogen (secondary N) is 1. The SMILES string of the molecule is OS1(P)CCNCC1. The molecule has 0 aromatic rings. The van der Waals surface area contributed by atoms with Gasteiger partial charge in [-0.05, 0) is 0 Å². The summed E-state index contributed by atoms with van der Waals surface area (Å²) in [6.07, 6.45) is 0. The maximum Gasteiger partial charge on any atom is 0.0145 e. The largest absolute Gasteiger partial charge is 0.348 e. The molecule has 50 valence electrons. The smallest absolute Gasteiger partial charge is 0.0145 e. The zero-order chi connectivity index (χ0) is 6.04. The second kappa shape index (κ2) is 2.53. The lowest BCUT2D eigenvalue weighted by molar-refractivity contribution is 0.614. The van der Waals surface area contributed by atoms with Gasteiger partial charge in [0.05, 0.1) is 0 Å². The Balaban J connectivity index is 2.33. The highest BCUT2D eigenvalue weighted by Crippen LogP contribution is 2.51. The molecule has 8 heavy (non-hydrogen) atoms. The molecule has 0 bridgehead atoms. The van der Waals surface area contributed by atoms with Gasteiger partial charge in [0.15, 0.2) is 0 Å². The summed E-state index contributed by atoms with van der Waals surface area (Å²) >= 11 is 0. The Hall–Kier alpha value is 0.700. The highest BCUT2D eigenvalue weighted by molar-refractivity contribution is 8.65. The van der Waals surface area contributed by atoms with Gasteiger partial charge in [-0.25, -0.2) is 0 Å². The molecular weight excluding hydrogens is 141 g/mol. The van der Waals surface area contributed by atoms with Crippen LogP contribution in [0.1, 0.15) is 0 Å². The number of hydrogen-bond donors (Lipinski definition) is 2. The molecule has 0 aromatic heterocycles. The van der Waals surface area contributed by atoms with Crippen molar-refractivity contribution < 1.29 is 4.55 Å². The molecular formula is C4H12NOPS. The Kier molecular flexibility index (Phi) is 2.15. The first-order valence-electron chi connectivity index (χ1n) is 2.70. The predicted octanol–water partition coefficient (Wildman–Crippen LogP) is 0.657. The van der Waals surface area contributed by atoms with Crippen molar-refractivity contribution in [1.82, 2.24) is 5.32 Å². The van der Waals surface area contributed by atoms with Crippen LogP contribution in [0.4, 0.5) is 0 Å². The quantitative estimate of drug-likeness (QED) is 0.501. The van der Waals surface area contributed by atoms with Gasteiger partial charge in [-0.2, -0.15) is 0 Å². The van der Waals surface area contributed by atoms with E-state index in [9.17, 15) is 4.55 Å². The third-order valence-electron chi connectivity index (χ3n) is 1.26. The van der Waals surface area contributed by atoms with Crippen molar-refractivity contribution in [2.45, 2.75) is 0 Å². The first-order chi connectivity index (χ1) is 3.71. The first kappa shape index (κ1) is 6.81. The topological polar surface area (TPSA) is 32.3 Å². The standard InChI is InChI=1S/C4H12NOPS/c6-8(7)3-1-5-2-4-8/h5-6H,1-4,7H2. The van der Waals surface area contributed by atoms with Crippen LogP contribution in [0.25, 0.3) is 0 Å². The molecule has 0 aromatic carbocycles. The van der Waals surface area contributed by atoms with Gasteiger partial charge in [-0.15, -0.1) is 9.93 Å². The molecule has 1 heterocycles. The minimum absolute atomic E-state index is 0.942. The average Bonchev–Trinajstić information content (AvgIpc) is 1.65. The van der Waals surface area contributed by atoms with Gasteiger partial charge in [0.25, 0.3) is 0 Å². The van der Waals surface area contributed by atoms with E-state index in [-0.39, 0.29) is 0 Å². The van der Waals surface area contributed by atoms with E-state index < -0.39 is 9.93 Å². The Morgan fingerprint density at radius 3 is 2.12 bits per heavy atom. The Morgan fingerprint density at radius 1 is 1.38 bits per heavy atom. The van der Waals surface area contributed by atoms with Gasteiger partial charge < -0.3 is 9.87 Å². The van der Waals surface area contributed by atoms with Crippen LogP contribution in [0.5, 0.6) is 0 Å². The summed E-state index contributed by atoms with van der Waals surface area (Å²) in [5.74, 6) is 1.88. The van der Waals surface area contributed by atoms with E-state index in [1.807, 2.05) is 0 Å². The van der Waals surface area contributed by atoms with Crippen LogP contribution in [0, 0.1) is 0 Å². The lowest BCUT2D eigenvalue weighted by atomic mass is 10.6. The van der Waals surface area contributed by atoms with Crippen LogP contribution in [0.15, 0.2) is 0 Å². The molecule has 1 rings (SSSR count). The van der Waals surface area contributed by atoms with Gasteiger partial charge in [-0.1, -0.05) is 8.44 Å². The second-order valence-electron chi connectivity index (χ2n) is 2.06. The third-order valence-corrected chi connectivity index (χ3v) is 4.50. The lowest BCUT2D eigenvalue weighted by Gasteiger charge is -2.33.